The first kappa shape index (κ1) is 11.7. The second-order valence-electron chi connectivity index (χ2n) is 3.67. The Balaban J connectivity index is 2.71. The lowest BCUT2D eigenvalue weighted by Gasteiger charge is -2.00. The highest BCUT2D eigenvalue weighted by Gasteiger charge is 2.15. The number of aromatic nitrogens is 1. The number of carbonyl (C=O) groups excluding carboxylic acids is 1. The van der Waals surface area contributed by atoms with Gasteiger partial charge in [0.15, 0.2) is 9.84 Å². The van der Waals surface area contributed by atoms with Crippen LogP contribution in [-0.2, 0) is 14.6 Å². The highest BCUT2D eigenvalue weighted by atomic mass is 32.2. The molecule has 1 N–H and O–H groups in total. The third-order valence-corrected chi connectivity index (χ3v) is 3.60. The lowest BCUT2D eigenvalue weighted by Crippen LogP contribution is -2.00. The smallest absolute Gasteiger partial charge is 0.340 e. The number of nitrogens with one attached hydrogen (secondary N) is 1. The number of carbonyl (C=O) groups is 1. The van der Waals surface area contributed by atoms with Crippen LogP contribution in [0.1, 0.15) is 10.4 Å². The molecule has 5 nitrogen and oxygen atoms in total. The third-order valence-electron chi connectivity index (χ3n) is 2.49. The largest absolute Gasteiger partial charge is 0.465 e. The van der Waals surface area contributed by atoms with Crippen LogP contribution >= 0.6 is 0 Å². The van der Waals surface area contributed by atoms with Gasteiger partial charge in [0.25, 0.3) is 0 Å². The van der Waals surface area contributed by atoms with Gasteiger partial charge in [-0.2, -0.15) is 0 Å². The zero-order chi connectivity index (χ0) is 12.6. The van der Waals surface area contributed by atoms with Gasteiger partial charge in [-0.15, -0.1) is 0 Å². The molecule has 1 aromatic heterocycles. The van der Waals surface area contributed by atoms with E-state index in [-0.39, 0.29) is 4.90 Å². The van der Waals surface area contributed by atoms with Crippen molar-refractivity contribution in [1.82, 2.24) is 4.98 Å². The highest BCUT2D eigenvalue weighted by Crippen LogP contribution is 2.22. The average molecular weight is 253 g/mol. The maximum atomic E-state index is 11.5. The van der Waals surface area contributed by atoms with Gasteiger partial charge in [0.1, 0.15) is 0 Å². The van der Waals surface area contributed by atoms with E-state index in [1.54, 1.807) is 6.07 Å². The Bertz CT molecular complexity index is 685. The molecule has 0 fully saturated rings. The summed E-state index contributed by atoms with van der Waals surface area (Å²) < 4.78 is 27.5. The van der Waals surface area contributed by atoms with Crippen molar-refractivity contribution < 1.29 is 17.9 Å². The van der Waals surface area contributed by atoms with Gasteiger partial charge in [0.05, 0.1) is 17.6 Å². The highest BCUT2D eigenvalue weighted by molar-refractivity contribution is 7.90. The van der Waals surface area contributed by atoms with Crippen LogP contribution in [0.4, 0.5) is 0 Å². The molecule has 6 heteroatoms. The number of aromatic amines is 1. The third kappa shape index (κ3) is 2.03. The number of fused-ring (bicyclic) bond motifs is 1. The summed E-state index contributed by atoms with van der Waals surface area (Å²) >= 11 is 0. The van der Waals surface area contributed by atoms with Crippen LogP contribution in [0.25, 0.3) is 10.9 Å². The van der Waals surface area contributed by atoms with E-state index in [0.717, 1.165) is 6.26 Å². The minimum Gasteiger partial charge on any atom is -0.465 e. The fourth-order valence-electron chi connectivity index (χ4n) is 1.61. The summed E-state index contributed by atoms with van der Waals surface area (Å²) in [6.45, 7) is 0. The molecule has 2 rings (SSSR count). The maximum Gasteiger partial charge on any atom is 0.340 e. The van der Waals surface area contributed by atoms with Crippen LogP contribution in [0.5, 0.6) is 0 Å². The molecule has 0 aliphatic heterocycles. The minimum absolute atomic E-state index is 0.176. The van der Waals surface area contributed by atoms with E-state index in [4.69, 9.17) is 0 Å². The Kier molecular flexibility index (Phi) is 2.66. The molecule has 0 atom stereocenters. The number of esters is 1. The van der Waals surface area contributed by atoms with Crippen molar-refractivity contribution >= 4 is 26.7 Å². The van der Waals surface area contributed by atoms with Crippen LogP contribution in [0.3, 0.4) is 0 Å². The summed E-state index contributed by atoms with van der Waals surface area (Å²) in [5, 5.41) is 0.541. The van der Waals surface area contributed by atoms with Crippen molar-refractivity contribution in [2.45, 2.75) is 4.90 Å². The Labute approximate surface area is 98.3 Å². The van der Waals surface area contributed by atoms with Crippen LogP contribution in [0, 0.1) is 0 Å². The van der Waals surface area contributed by atoms with E-state index in [0.29, 0.717) is 16.5 Å². The van der Waals surface area contributed by atoms with E-state index in [1.165, 1.54) is 25.4 Å². The van der Waals surface area contributed by atoms with Gasteiger partial charge >= 0.3 is 5.97 Å². The van der Waals surface area contributed by atoms with E-state index < -0.39 is 15.8 Å². The fourth-order valence-corrected chi connectivity index (χ4v) is 2.26. The number of methoxy groups -OCH3 is 1. The first-order valence-electron chi connectivity index (χ1n) is 4.83. The molecule has 0 saturated carbocycles. The minimum atomic E-state index is -3.29. The second-order valence-corrected chi connectivity index (χ2v) is 5.69. The van der Waals surface area contributed by atoms with Gasteiger partial charge in [-0.25, -0.2) is 13.2 Å². The summed E-state index contributed by atoms with van der Waals surface area (Å²) in [5.74, 6) is -0.498. The monoisotopic (exact) mass is 253 g/mol. The molecule has 0 radical (unpaired) electrons. The quantitative estimate of drug-likeness (QED) is 0.820. The van der Waals surface area contributed by atoms with Crippen molar-refractivity contribution in [3.05, 3.63) is 30.0 Å². The predicted molar refractivity (Wildman–Crippen MR) is 62.7 cm³/mol. The second kappa shape index (κ2) is 3.89. The van der Waals surface area contributed by atoms with Crippen LogP contribution < -0.4 is 0 Å². The van der Waals surface area contributed by atoms with Gasteiger partial charge in [0.2, 0.25) is 0 Å². The number of hydrogen-bond donors (Lipinski definition) is 1. The van der Waals surface area contributed by atoms with E-state index in [2.05, 4.69) is 9.72 Å². The molecule has 0 aliphatic rings. The molecule has 0 saturated heterocycles. The first-order valence-corrected chi connectivity index (χ1v) is 6.72. The standard InChI is InChI=1S/C11H11NO4S/c1-16-11(13)9-6-12-10-4-3-7(5-8(9)10)17(2,14)15/h3-6,12H,1-2H3. The van der Waals surface area contributed by atoms with Gasteiger partial charge in [-0.3, -0.25) is 0 Å². The van der Waals surface area contributed by atoms with Crippen molar-refractivity contribution in [2.24, 2.45) is 0 Å². The number of benzene rings is 1. The molecule has 2 aromatic rings. The summed E-state index contributed by atoms with van der Waals surface area (Å²) in [6.07, 6.45) is 2.63. The van der Waals surface area contributed by atoms with Crippen molar-refractivity contribution in [3.8, 4) is 0 Å². The Hall–Kier alpha value is -1.82. The van der Waals surface area contributed by atoms with Crippen molar-refractivity contribution in [3.63, 3.8) is 0 Å². The fraction of sp³-hybridized carbons (Fsp3) is 0.182. The summed E-state index contributed by atoms with van der Waals surface area (Å²) in [7, 11) is -2.01. The van der Waals surface area contributed by atoms with Gasteiger partial charge in [-0.1, -0.05) is 0 Å². The molecule has 0 amide bonds. The Morgan fingerprint density at radius 2 is 2.06 bits per heavy atom. The van der Waals surface area contributed by atoms with Crippen molar-refractivity contribution in [2.75, 3.05) is 13.4 Å². The molecular weight excluding hydrogens is 242 g/mol. The predicted octanol–water partition coefficient (Wildman–Crippen LogP) is 1.36. The van der Waals surface area contributed by atoms with Crippen LogP contribution in [0.15, 0.2) is 29.3 Å². The van der Waals surface area contributed by atoms with Gasteiger partial charge in [-0.05, 0) is 18.2 Å². The lowest BCUT2D eigenvalue weighted by molar-refractivity contribution is 0.0603. The lowest BCUT2D eigenvalue weighted by atomic mass is 10.2. The number of rotatable bonds is 2. The van der Waals surface area contributed by atoms with Gasteiger partial charge in [0, 0.05) is 23.4 Å². The molecule has 1 aromatic carbocycles. The zero-order valence-electron chi connectivity index (χ0n) is 9.35. The molecule has 0 unspecified atom stereocenters. The number of ether oxygens (including phenoxy) is 1. The number of sulfone groups is 1. The normalized spacial score (nSPS) is 11.6. The van der Waals surface area contributed by atoms with E-state index >= 15 is 0 Å². The van der Waals surface area contributed by atoms with Crippen LogP contribution in [0.2, 0.25) is 0 Å². The van der Waals surface area contributed by atoms with Crippen molar-refractivity contribution in [1.29, 1.82) is 0 Å². The molecule has 0 spiro atoms. The van der Waals surface area contributed by atoms with Crippen LogP contribution in [-0.4, -0.2) is 32.7 Å². The topological polar surface area (TPSA) is 76.2 Å². The Morgan fingerprint density at radius 1 is 1.35 bits per heavy atom. The summed E-state index contributed by atoms with van der Waals surface area (Å²) in [5.41, 5.74) is 1.02. The number of H-pyrrole nitrogens is 1. The maximum absolute atomic E-state index is 11.5. The average Bonchev–Trinajstić information content (AvgIpc) is 2.69. The molecule has 17 heavy (non-hydrogen) atoms. The summed E-state index contributed by atoms with van der Waals surface area (Å²) in [6, 6.07) is 4.58. The molecule has 0 aliphatic carbocycles. The first-order chi connectivity index (χ1) is 7.93. The number of hydrogen-bond acceptors (Lipinski definition) is 4. The zero-order valence-corrected chi connectivity index (χ0v) is 10.2. The van der Waals surface area contributed by atoms with E-state index in [9.17, 15) is 13.2 Å². The molecular formula is C11H11NO4S. The summed E-state index contributed by atoms with van der Waals surface area (Å²) in [4.78, 5) is 14.5. The van der Waals surface area contributed by atoms with E-state index in [1.807, 2.05) is 0 Å². The SMILES string of the molecule is COC(=O)c1c[nH]c2ccc(S(C)(=O)=O)cc12. The molecule has 90 valence electrons. The van der Waals surface area contributed by atoms with Gasteiger partial charge < -0.3 is 9.72 Å². The molecule has 1 heterocycles. The molecule has 0 bridgehead atoms. The Morgan fingerprint density at radius 3 is 2.65 bits per heavy atom.